The Hall–Kier alpha value is -4.15. The second-order valence-electron chi connectivity index (χ2n) is 9.74. The number of nitrogens with zero attached hydrogens (tertiary/aromatic N) is 7. The molecule has 0 saturated carbocycles. The van der Waals surface area contributed by atoms with Crippen LogP contribution in [0.2, 0.25) is 0 Å². The number of anilines is 3. The quantitative estimate of drug-likeness (QED) is 0.319. The van der Waals surface area contributed by atoms with Crippen LogP contribution >= 0.6 is 0 Å². The van der Waals surface area contributed by atoms with Gasteiger partial charge in [0.2, 0.25) is 17.9 Å². The predicted octanol–water partition coefficient (Wildman–Crippen LogP) is 2.95. The Morgan fingerprint density at radius 2 is 1.90 bits per heavy atom. The van der Waals surface area contributed by atoms with E-state index in [1.165, 1.54) is 16.7 Å². The van der Waals surface area contributed by atoms with Gasteiger partial charge >= 0.3 is 0 Å². The molecule has 0 amide bonds. The largest absolute Gasteiger partial charge is 0.390 e. The lowest BCUT2D eigenvalue weighted by atomic mass is 10.0. The number of fused-ring (bicyclic) bond motifs is 1. The van der Waals surface area contributed by atoms with Crippen LogP contribution in [0.25, 0.3) is 0 Å². The summed E-state index contributed by atoms with van der Waals surface area (Å²) in [4.78, 5) is 26.5. The summed E-state index contributed by atoms with van der Waals surface area (Å²) in [6.07, 6.45) is 3.32. The van der Waals surface area contributed by atoms with E-state index in [-0.39, 0.29) is 6.61 Å². The first-order valence-electron chi connectivity index (χ1n) is 13.3. The van der Waals surface area contributed by atoms with Crippen molar-refractivity contribution in [3.8, 4) is 0 Å². The van der Waals surface area contributed by atoms with Gasteiger partial charge in [-0.25, -0.2) is 20.0 Å². The van der Waals surface area contributed by atoms with Crippen molar-refractivity contribution < 1.29 is 5.11 Å². The van der Waals surface area contributed by atoms with E-state index >= 15 is 0 Å². The van der Waals surface area contributed by atoms with Crippen LogP contribution in [0, 0.1) is 0 Å². The Morgan fingerprint density at radius 3 is 2.67 bits per heavy atom. The van der Waals surface area contributed by atoms with E-state index in [1.54, 1.807) is 6.33 Å². The molecule has 3 aromatic rings. The summed E-state index contributed by atoms with van der Waals surface area (Å²) in [7, 11) is 0. The molecule has 202 valence electrons. The van der Waals surface area contributed by atoms with Crippen LogP contribution in [-0.2, 0) is 19.4 Å². The Labute approximate surface area is 229 Å². The van der Waals surface area contributed by atoms with Crippen LogP contribution in [0.3, 0.4) is 0 Å². The van der Waals surface area contributed by atoms with Gasteiger partial charge in [-0.1, -0.05) is 36.4 Å². The number of hydrogen-bond acceptors (Lipinski definition) is 8. The van der Waals surface area contributed by atoms with E-state index in [0.29, 0.717) is 49.7 Å². The average molecular weight is 526 g/mol. The highest BCUT2D eigenvalue weighted by molar-refractivity contribution is 5.85. The number of aliphatic hydroxyl groups is 1. The molecule has 1 aromatic heterocycles. The molecule has 0 aliphatic carbocycles. The fraction of sp³-hybridized carbons (Fsp3) is 0.345. The monoisotopic (exact) mass is 525 g/mol. The molecule has 1 fully saturated rings. The molecule has 3 heterocycles. The van der Waals surface area contributed by atoms with Gasteiger partial charge in [-0.2, -0.15) is 4.98 Å². The van der Waals surface area contributed by atoms with Crippen LogP contribution in [-0.4, -0.2) is 77.0 Å². The van der Waals surface area contributed by atoms with Crippen LogP contribution in [0.4, 0.5) is 17.6 Å². The number of aromatic nitrogens is 3. The van der Waals surface area contributed by atoms with Gasteiger partial charge in [0, 0.05) is 38.4 Å². The number of piperazine rings is 1. The van der Waals surface area contributed by atoms with E-state index in [9.17, 15) is 5.11 Å². The summed E-state index contributed by atoms with van der Waals surface area (Å²) >= 11 is 0. The standard InChI is InChI=1S/C29H35N9O/c1-21(16-22-6-4-3-5-7-22)26(19-39)35-28(30-2)37-12-14-38(15-13-37)29-33-20-32-27(36-29)34-25-9-8-23-10-11-31-18-24(23)17-25/h3-9,17,20,31,39H,2,10-16,18-19H2,1H3,(H,32,33,34,36)/b26-21+,35-28?. The van der Waals surface area contributed by atoms with Crippen molar-refractivity contribution in [1.82, 2.24) is 25.2 Å². The molecule has 10 heteroatoms. The van der Waals surface area contributed by atoms with E-state index in [4.69, 9.17) is 4.99 Å². The smallest absolute Gasteiger partial charge is 0.231 e. The number of benzene rings is 2. The van der Waals surface area contributed by atoms with Crippen molar-refractivity contribution in [3.05, 3.63) is 82.8 Å². The molecular formula is C29H35N9O. The van der Waals surface area contributed by atoms with Gasteiger partial charge in [0.05, 0.1) is 12.3 Å². The number of rotatable bonds is 7. The van der Waals surface area contributed by atoms with Crippen LogP contribution < -0.4 is 15.5 Å². The van der Waals surface area contributed by atoms with E-state index in [2.05, 4.69) is 77.4 Å². The van der Waals surface area contributed by atoms with E-state index in [0.717, 1.165) is 37.2 Å². The number of guanidine groups is 1. The third-order valence-electron chi connectivity index (χ3n) is 7.08. The van der Waals surface area contributed by atoms with Gasteiger partial charge in [-0.05, 0) is 67.4 Å². The summed E-state index contributed by atoms with van der Waals surface area (Å²) in [5.41, 5.74) is 6.46. The van der Waals surface area contributed by atoms with Crippen molar-refractivity contribution >= 4 is 30.3 Å². The zero-order chi connectivity index (χ0) is 27.0. The summed E-state index contributed by atoms with van der Waals surface area (Å²) in [6, 6.07) is 16.6. The predicted molar refractivity (Wildman–Crippen MR) is 156 cm³/mol. The average Bonchev–Trinajstić information content (AvgIpc) is 2.98. The molecule has 0 radical (unpaired) electrons. The maximum atomic E-state index is 10.0. The second kappa shape index (κ2) is 12.6. The molecule has 1 saturated heterocycles. The number of allylic oxidation sites excluding steroid dienone is 1. The molecule has 3 N–H and O–H groups in total. The van der Waals surface area contributed by atoms with Crippen molar-refractivity contribution in [2.24, 2.45) is 9.98 Å². The van der Waals surface area contributed by atoms with Gasteiger partial charge in [0.25, 0.3) is 0 Å². The van der Waals surface area contributed by atoms with Crippen molar-refractivity contribution in [2.45, 2.75) is 26.3 Å². The molecule has 2 aliphatic rings. The summed E-state index contributed by atoms with van der Waals surface area (Å²) < 4.78 is 0. The molecule has 2 aromatic carbocycles. The topological polar surface area (TPSA) is 114 Å². The fourth-order valence-electron chi connectivity index (χ4n) is 4.89. The molecule has 10 nitrogen and oxygen atoms in total. The van der Waals surface area contributed by atoms with Gasteiger partial charge in [-0.3, -0.25) is 0 Å². The van der Waals surface area contributed by atoms with Crippen molar-refractivity contribution in [1.29, 1.82) is 0 Å². The lowest BCUT2D eigenvalue weighted by molar-refractivity contribution is 0.326. The summed E-state index contributed by atoms with van der Waals surface area (Å²) in [5.74, 6) is 1.67. The third-order valence-corrected chi connectivity index (χ3v) is 7.08. The molecule has 2 aliphatic heterocycles. The van der Waals surface area contributed by atoms with Crippen LogP contribution in [0.1, 0.15) is 23.6 Å². The molecule has 0 spiro atoms. The third kappa shape index (κ3) is 6.65. The Kier molecular flexibility index (Phi) is 8.55. The molecule has 0 unspecified atom stereocenters. The van der Waals surface area contributed by atoms with Crippen LogP contribution in [0.5, 0.6) is 0 Å². The minimum absolute atomic E-state index is 0.154. The Bertz CT molecular complexity index is 1350. The van der Waals surface area contributed by atoms with Crippen LogP contribution in [0.15, 0.2) is 76.1 Å². The highest BCUT2D eigenvalue weighted by Crippen LogP contribution is 2.22. The number of nitrogens with one attached hydrogen (secondary N) is 2. The lowest BCUT2D eigenvalue weighted by Crippen LogP contribution is -2.49. The molecule has 5 rings (SSSR count). The molecule has 0 bridgehead atoms. The van der Waals surface area contributed by atoms with Gasteiger partial charge < -0.3 is 25.5 Å². The minimum Gasteiger partial charge on any atom is -0.390 e. The van der Waals surface area contributed by atoms with E-state index in [1.807, 2.05) is 25.1 Å². The summed E-state index contributed by atoms with van der Waals surface area (Å²) in [5, 5.41) is 16.8. The highest BCUT2D eigenvalue weighted by Gasteiger charge is 2.22. The number of hydrogen-bond donors (Lipinski definition) is 3. The van der Waals surface area contributed by atoms with Crippen molar-refractivity contribution in [2.75, 3.05) is 49.5 Å². The zero-order valence-electron chi connectivity index (χ0n) is 22.3. The maximum Gasteiger partial charge on any atom is 0.231 e. The van der Waals surface area contributed by atoms with Gasteiger partial charge in [0.1, 0.15) is 6.33 Å². The molecule has 39 heavy (non-hydrogen) atoms. The fourth-order valence-corrected chi connectivity index (χ4v) is 4.89. The Balaban J connectivity index is 1.23. The van der Waals surface area contributed by atoms with Gasteiger partial charge in [-0.15, -0.1) is 0 Å². The minimum atomic E-state index is -0.154. The zero-order valence-corrected chi connectivity index (χ0v) is 22.3. The lowest BCUT2D eigenvalue weighted by Gasteiger charge is -2.35. The highest BCUT2D eigenvalue weighted by atomic mass is 16.3. The number of aliphatic imine (C=N–C) groups is 2. The molecule has 0 atom stereocenters. The normalized spacial score (nSPS) is 16.4. The Morgan fingerprint density at radius 1 is 1.08 bits per heavy atom. The first-order chi connectivity index (χ1) is 19.1. The second-order valence-corrected chi connectivity index (χ2v) is 9.74. The first kappa shape index (κ1) is 26.5. The summed E-state index contributed by atoms with van der Waals surface area (Å²) in [6.45, 7) is 10.2. The van der Waals surface area contributed by atoms with Crippen molar-refractivity contribution in [3.63, 3.8) is 0 Å². The van der Waals surface area contributed by atoms with Gasteiger partial charge in [0.15, 0.2) is 0 Å². The maximum absolute atomic E-state index is 10.0. The first-order valence-corrected chi connectivity index (χ1v) is 13.3. The molecular weight excluding hydrogens is 490 g/mol. The van der Waals surface area contributed by atoms with E-state index < -0.39 is 0 Å². The number of aliphatic hydroxyl groups excluding tert-OH is 1. The SMILES string of the molecule is C=NC(=N/C(CO)=C(\C)Cc1ccccc1)N1CCN(c2ncnc(Nc3ccc4c(c3)CNCC4)n2)CC1.